The van der Waals surface area contributed by atoms with Crippen molar-refractivity contribution >= 4 is 33.9 Å². The lowest BCUT2D eigenvalue weighted by molar-refractivity contribution is -0.132. The fourth-order valence-electron chi connectivity index (χ4n) is 3.25. The number of hydrogen-bond donors (Lipinski definition) is 1. The molecule has 3 aromatic rings. The molecule has 4 rings (SSSR count). The summed E-state index contributed by atoms with van der Waals surface area (Å²) >= 11 is 1.24. The number of ether oxygens (including phenoxy) is 1. The van der Waals surface area contributed by atoms with Gasteiger partial charge in [-0.3, -0.25) is 19.5 Å². The van der Waals surface area contributed by atoms with Gasteiger partial charge in [0.25, 0.3) is 5.78 Å². The van der Waals surface area contributed by atoms with E-state index >= 15 is 0 Å². The molecule has 8 heteroatoms. The third-order valence-corrected chi connectivity index (χ3v) is 5.36. The molecule has 0 aliphatic carbocycles. The molecular weight excluding hydrogens is 402 g/mol. The molecule has 1 fully saturated rings. The van der Waals surface area contributed by atoms with Crippen LogP contribution in [0.15, 0.2) is 78.6 Å². The topological polar surface area (TPSA) is 92.6 Å². The smallest absolute Gasteiger partial charge is 0.301 e. The molecule has 3 heterocycles. The molecule has 7 nitrogen and oxygen atoms in total. The fraction of sp³-hybridized carbons (Fsp3) is 0.0909. The summed E-state index contributed by atoms with van der Waals surface area (Å²) in [4.78, 5) is 35.3. The number of aliphatic hydroxyl groups excluding tert-OH is 1. The van der Waals surface area contributed by atoms with Gasteiger partial charge < -0.3 is 9.84 Å². The zero-order valence-corrected chi connectivity index (χ0v) is 16.6. The highest BCUT2D eigenvalue weighted by molar-refractivity contribution is 7.14. The summed E-state index contributed by atoms with van der Waals surface area (Å²) in [6.07, 6.45) is 6.21. The largest absolute Gasteiger partial charge is 0.507 e. The zero-order chi connectivity index (χ0) is 21.1. The Bertz CT molecular complexity index is 1110. The number of hydrogen-bond acceptors (Lipinski definition) is 7. The lowest BCUT2D eigenvalue weighted by atomic mass is 9.95. The lowest BCUT2D eigenvalue weighted by Crippen LogP contribution is -2.29. The van der Waals surface area contributed by atoms with E-state index in [1.54, 1.807) is 54.1 Å². The van der Waals surface area contributed by atoms with Gasteiger partial charge in [0.05, 0.1) is 11.6 Å². The van der Waals surface area contributed by atoms with Gasteiger partial charge in [-0.15, -0.1) is 11.3 Å². The van der Waals surface area contributed by atoms with Gasteiger partial charge in [-0.05, 0) is 29.8 Å². The Hall–Kier alpha value is -3.78. The SMILES string of the molecule is C=CCOc1ccc(C2C(=C(O)c3ccncc3)C(=O)C(=O)N2c2nccs2)cc1. The van der Waals surface area contributed by atoms with Gasteiger partial charge >= 0.3 is 5.91 Å². The Kier molecular flexibility index (Phi) is 5.40. The Labute approximate surface area is 176 Å². The van der Waals surface area contributed by atoms with Gasteiger partial charge in [-0.2, -0.15) is 0 Å². The van der Waals surface area contributed by atoms with Gasteiger partial charge in [0.1, 0.15) is 18.1 Å². The van der Waals surface area contributed by atoms with Crippen molar-refractivity contribution in [1.29, 1.82) is 0 Å². The molecule has 1 aromatic carbocycles. The van der Waals surface area contributed by atoms with Crippen molar-refractivity contribution in [2.24, 2.45) is 0 Å². The minimum absolute atomic E-state index is 0.00107. The number of carbonyl (C=O) groups is 2. The second-order valence-corrected chi connectivity index (χ2v) is 7.26. The van der Waals surface area contributed by atoms with Gasteiger partial charge in [-0.25, -0.2) is 4.98 Å². The van der Waals surface area contributed by atoms with E-state index in [0.29, 0.717) is 28.6 Å². The third kappa shape index (κ3) is 3.48. The summed E-state index contributed by atoms with van der Waals surface area (Å²) < 4.78 is 5.51. The highest BCUT2D eigenvalue weighted by atomic mass is 32.1. The van der Waals surface area contributed by atoms with Crippen molar-refractivity contribution in [2.75, 3.05) is 11.5 Å². The van der Waals surface area contributed by atoms with Crippen LogP contribution in [-0.2, 0) is 9.59 Å². The number of amides is 1. The first-order chi connectivity index (χ1) is 14.6. The van der Waals surface area contributed by atoms with Crippen molar-refractivity contribution in [3.8, 4) is 5.75 Å². The van der Waals surface area contributed by atoms with Crippen LogP contribution < -0.4 is 9.64 Å². The Balaban J connectivity index is 1.85. The molecule has 150 valence electrons. The molecular formula is C22H17N3O4S. The molecule has 1 saturated heterocycles. The number of benzene rings is 1. The molecule has 0 saturated carbocycles. The van der Waals surface area contributed by atoms with Gasteiger partial charge in [-0.1, -0.05) is 24.8 Å². The maximum atomic E-state index is 12.9. The van der Waals surface area contributed by atoms with Crippen LogP contribution in [0.2, 0.25) is 0 Å². The van der Waals surface area contributed by atoms with Crippen molar-refractivity contribution in [3.63, 3.8) is 0 Å². The summed E-state index contributed by atoms with van der Waals surface area (Å²) in [6.45, 7) is 3.98. The quantitative estimate of drug-likeness (QED) is 0.283. The number of anilines is 1. The van der Waals surface area contributed by atoms with E-state index in [1.165, 1.54) is 28.6 Å². The van der Waals surface area contributed by atoms with Crippen molar-refractivity contribution < 1.29 is 19.4 Å². The van der Waals surface area contributed by atoms with E-state index in [9.17, 15) is 14.7 Å². The van der Waals surface area contributed by atoms with Crippen LogP contribution in [0.1, 0.15) is 17.2 Å². The molecule has 1 aliphatic heterocycles. The monoisotopic (exact) mass is 419 g/mol. The first-order valence-corrected chi connectivity index (χ1v) is 9.94. The van der Waals surface area contributed by atoms with Crippen LogP contribution in [0.5, 0.6) is 5.75 Å². The fourth-order valence-corrected chi connectivity index (χ4v) is 3.91. The molecule has 2 aromatic heterocycles. The van der Waals surface area contributed by atoms with Crippen LogP contribution in [0.3, 0.4) is 0 Å². The minimum Gasteiger partial charge on any atom is -0.507 e. The van der Waals surface area contributed by atoms with E-state index < -0.39 is 17.7 Å². The lowest BCUT2D eigenvalue weighted by Gasteiger charge is -2.23. The van der Waals surface area contributed by atoms with Crippen molar-refractivity contribution in [3.05, 3.63) is 89.7 Å². The van der Waals surface area contributed by atoms with Crippen LogP contribution in [0.4, 0.5) is 5.13 Å². The predicted octanol–water partition coefficient (Wildman–Crippen LogP) is 3.73. The summed E-state index contributed by atoms with van der Waals surface area (Å²) in [7, 11) is 0. The predicted molar refractivity (Wildman–Crippen MR) is 113 cm³/mol. The number of pyridine rings is 1. The molecule has 1 atom stereocenters. The van der Waals surface area contributed by atoms with Gasteiger partial charge in [0.15, 0.2) is 5.13 Å². The summed E-state index contributed by atoms with van der Waals surface area (Å²) in [5, 5.41) is 13.0. The van der Waals surface area contributed by atoms with Crippen LogP contribution in [0, 0.1) is 0 Å². The zero-order valence-electron chi connectivity index (χ0n) is 15.8. The molecule has 1 amide bonds. The van der Waals surface area contributed by atoms with Crippen molar-refractivity contribution in [2.45, 2.75) is 6.04 Å². The molecule has 30 heavy (non-hydrogen) atoms. The highest BCUT2D eigenvalue weighted by Gasteiger charge is 2.47. The average Bonchev–Trinajstić information content (AvgIpc) is 3.40. The maximum absolute atomic E-state index is 12.9. The number of thiazole rings is 1. The summed E-state index contributed by atoms with van der Waals surface area (Å²) in [5.41, 5.74) is 1.05. The molecule has 0 spiro atoms. The number of carbonyl (C=O) groups excluding carboxylic acids is 2. The average molecular weight is 419 g/mol. The summed E-state index contributed by atoms with van der Waals surface area (Å²) in [6, 6.07) is 9.34. The maximum Gasteiger partial charge on any atom is 0.301 e. The molecule has 1 unspecified atom stereocenters. The van der Waals surface area contributed by atoms with E-state index in [-0.39, 0.29) is 11.3 Å². The van der Waals surface area contributed by atoms with Crippen LogP contribution in [0.25, 0.3) is 5.76 Å². The van der Waals surface area contributed by atoms with E-state index in [0.717, 1.165) is 0 Å². The number of aliphatic hydroxyl groups is 1. The Morgan fingerprint density at radius 1 is 1.17 bits per heavy atom. The first kappa shape index (κ1) is 19.5. The van der Waals surface area contributed by atoms with Gasteiger partial charge in [0.2, 0.25) is 0 Å². The second-order valence-electron chi connectivity index (χ2n) is 6.39. The van der Waals surface area contributed by atoms with Gasteiger partial charge in [0, 0.05) is 29.5 Å². The Morgan fingerprint density at radius 3 is 2.53 bits per heavy atom. The minimum atomic E-state index is -0.822. The number of rotatable bonds is 6. The number of Topliss-reactive ketones (excluding diaryl/α,β-unsaturated/α-hetero) is 1. The normalized spacial score (nSPS) is 17.9. The van der Waals surface area contributed by atoms with E-state index in [2.05, 4.69) is 16.5 Å². The first-order valence-electron chi connectivity index (χ1n) is 9.06. The Morgan fingerprint density at radius 2 is 1.90 bits per heavy atom. The highest BCUT2D eigenvalue weighted by Crippen LogP contribution is 2.42. The van der Waals surface area contributed by atoms with E-state index in [1.807, 2.05) is 0 Å². The number of ketones is 1. The van der Waals surface area contributed by atoms with E-state index in [4.69, 9.17) is 4.74 Å². The second kappa shape index (κ2) is 8.30. The standard InChI is InChI=1S/C22H17N3O4S/c1-2-12-29-16-5-3-14(4-6-16)18-17(19(26)15-7-9-23-10-8-15)20(27)21(28)25(18)22-24-11-13-30-22/h2-11,13,18,26H,1,12H2. The molecule has 0 bridgehead atoms. The summed E-state index contributed by atoms with van der Waals surface area (Å²) in [5.74, 6) is -1.14. The third-order valence-electron chi connectivity index (χ3n) is 4.59. The molecule has 1 N–H and O–H groups in total. The van der Waals surface area contributed by atoms with Crippen LogP contribution in [-0.4, -0.2) is 33.4 Å². The number of aromatic nitrogens is 2. The van der Waals surface area contributed by atoms with Crippen LogP contribution >= 0.6 is 11.3 Å². The molecule has 0 radical (unpaired) electrons. The number of nitrogens with zero attached hydrogens (tertiary/aromatic N) is 3. The molecule has 1 aliphatic rings. The van der Waals surface area contributed by atoms with Crippen molar-refractivity contribution in [1.82, 2.24) is 9.97 Å².